The molecule has 0 bridgehead atoms. The number of benzene rings is 1. The van der Waals surface area contributed by atoms with Crippen molar-refractivity contribution in [1.29, 1.82) is 0 Å². The molecule has 0 saturated carbocycles. The number of thioether (sulfide) groups is 1. The van der Waals surface area contributed by atoms with Gasteiger partial charge in [-0.15, -0.1) is 0 Å². The van der Waals surface area contributed by atoms with E-state index >= 15 is 0 Å². The van der Waals surface area contributed by atoms with Crippen LogP contribution in [0.3, 0.4) is 0 Å². The lowest BCUT2D eigenvalue weighted by molar-refractivity contribution is -0.144. The van der Waals surface area contributed by atoms with Gasteiger partial charge >= 0.3 is 5.97 Å². The molecular formula is C17H19NO5S2. The van der Waals surface area contributed by atoms with Crippen molar-refractivity contribution in [2.45, 2.75) is 32.9 Å². The van der Waals surface area contributed by atoms with Crippen molar-refractivity contribution in [2.24, 2.45) is 0 Å². The molecule has 1 atom stereocenters. The highest BCUT2D eigenvalue weighted by Crippen LogP contribution is 2.35. The molecule has 1 amide bonds. The van der Waals surface area contributed by atoms with Gasteiger partial charge in [-0.25, -0.2) is 4.79 Å². The summed E-state index contributed by atoms with van der Waals surface area (Å²) in [5, 5.41) is 9.11. The zero-order valence-corrected chi connectivity index (χ0v) is 15.9. The van der Waals surface area contributed by atoms with Crippen LogP contribution in [0.2, 0.25) is 0 Å². The van der Waals surface area contributed by atoms with Crippen molar-refractivity contribution in [1.82, 2.24) is 4.90 Å². The Kier molecular flexibility index (Phi) is 6.07. The maximum absolute atomic E-state index is 12.5. The lowest BCUT2D eigenvalue weighted by Gasteiger charge is -2.18. The Morgan fingerprint density at radius 2 is 2.00 bits per heavy atom. The second-order valence-corrected chi connectivity index (χ2v) is 7.32. The molecule has 0 radical (unpaired) electrons. The van der Waals surface area contributed by atoms with E-state index < -0.39 is 17.9 Å². The Hall–Kier alpha value is -2.06. The molecule has 0 aliphatic carbocycles. The van der Waals surface area contributed by atoms with Crippen molar-refractivity contribution in [3.05, 3.63) is 28.7 Å². The summed E-state index contributed by atoms with van der Waals surface area (Å²) in [6.45, 7) is 5.27. The second kappa shape index (κ2) is 7.88. The smallest absolute Gasteiger partial charge is 0.326 e. The number of carbonyl (C=O) groups is 2. The van der Waals surface area contributed by atoms with Gasteiger partial charge in [0.15, 0.2) is 11.5 Å². The standard InChI is InChI=1S/C17H19NO5S2/c1-9(2)23-12-6-5-11(7-13(12)22-4)8-14-15(19)18(17(24)25-14)10(3)16(20)21/h5-10H,1-4H3,(H,20,21)/b14-8-/t10-/m1/s1. The second-order valence-electron chi connectivity index (χ2n) is 5.64. The molecule has 1 heterocycles. The van der Waals surface area contributed by atoms with Gasteiger partial charge in [0.1, 0.15) is 10.4 Å². The lowest BCUT2D eigenvalue weighted by atomic mass is 10.1. The summed E-state index contributed by atoms with van der Waals surface area (Å²) in [4.78, 5) is 25.1. The summed E-state index contributed by atoms with van der Waals surface area (Å²) >= 11 is 6.23. The minimum absolute atomic E-state index is 0.00788. The highest BCUT2D eigenvalue weighted by atomic mass is 32.2. The van der Waals surface area contributed by atoms with Crippen molar-refractivity contribution in [3.8, 4) is 11.5 Å². The van der Waals surface area contributed by atoms with Crippen molar-refractivity contribution in [3.63, 3.8) is 0 Å². The molecule has 1 aromatic rings. The highest BCUT2D eigenvalue weighted by molar-refractivity contribution is 8.26. The SMILES string of the molecule is COc1cc(/C=C2\SC(=S)N([C@H](C)C(=O)O)C2=O)ccc1OC(C)C. The number of methoxy groups -OCH3 is 1. The van der Waals surface area contributed by atoms with Gasteiger partial charge in [-0.2, -0.15) is 0 Å². The van der Waals surface area contributed by atoms with E-state index in [1.54, 1.807) is 31.4 Å². The van der Waals surface area contributed by atoms with Crippen LogP contribution in [0.15, 0.2) is 23.1 Å². The van der Waals surface area contributed by atoms with E-state index in [2.05, 4.69) is 0 Å². The molecule has 8 heteroatoms. The third kappa shape index (κ3) is 4.32. The van der Waals surface area contributed by atoms with Crippen LogP contribution in [0, 0.1) is 0 Å². The normalized spacial score (nSPS) is 17.3. The largest absolute Gasteiger partial charge is 0.493 e. The van der Waals surface area contributed by atoms with Crippen LogP contribution in [-0.4, -0.2) is 45.5 Å². The number of carbonyl (C=O) groups excluding carboxylic acids is 1. The summed E-state index contributed by atoms with van der Waals surface area (Å²) in [6, 6.07) is 4.32. The predicted octanol–water partition coefficient (Wildman–Crippen LogP) is 3.16. The minimum Gasteiger partial charge on any atom is -0.493 e. The average Bonchev–Trinajstić information content (AvgIpc) is 2.81. The summed E-state index contributed by atoms with van der Waals surface area (Å²) in [7, 11) is 1.54. The van der Waals surface area contributed by atoms with Crippen LogP contribution in [0.5, 0.6) is 11.5 Å². The van der Waals surface area contributed by atoms with Crippen molar-refractivity contribution in [2.75, 3.05) is 7.11 Å². The molecule has 2 rings (SSSR count). The van der Waals surface area contributed by atoms with E-state index in [1.165, 1.54) is 6.92 Å². The zero-order chi connectivity index (χ0) is 18.7. The molecule has 0 aromatic heterocycles. The van der Waals surface area contributed by atoms with Crippen LogP contribution in [0.4, 0.5) is 0 Å². The van der Waals surface area contributed by atoms with Crippen LogP contribution in [0.1, 0.15) is 26.3 Å². The Labute approximate surface area is 155 Å². The molecule has 0 spiro atoms. The molecule has 1 aliphatic heterocycles. The molecule has 1 N–H and O–H groups in total. The maximum atomic E-state index is 12.5. The third-order valence-corrected chi connectivity index (χ3v) is 4.75. The summed E-state index contributed by atoms with van der Waals surface area (Å²) < 4.78 is 11.2. The van der Waals surface area contributed by atoms with E-state index in [0.29, 0.717) is 16.4 Å². The maximum Gasteiger partial charge on any atom is 0.326 e. The molecule has 134 valence electrons. The van der Waals surface area contributed by atoms with E-state index in [9.17, 15) is 9.59 Å². The number of amides is 1. The highest BCUT2D eigenvalue weighted by Gasteiger charge is 2.38. The fourth-order valence-electron chi connectivity index (χ4n) is 2.20. The van der Waals surface area contributed by atoms with Gasteiger partial charge in [0.05, 0.1) is 18.1 Å². The summed E-state index contributed by atoms with van der Waals surface area (Å²) in [5.41, 5.74) is 0.733. The first-order valence-electron chi connectivity index (χ1n) is 7.59. The van der Waals surface area contributed by atoms with E-state index in [0.717, 1.165) is 22.2 Å². The molecule has 1 aliphatic rings. The molecule has 1 aromatic carbocycles. The van der Waals surface area contributed by atoms with Crippen LogP contribution in [0.25, 0.3) is 6.08 Å². The predicted molar refractivity (Wildman–Crippen MR) is 101 cm³/mol. The number of carboxylic acids is 1. The van der Waals surface area contributed by atoms with E-state index in [4.69, 9.17) is 26.8 Å². The monoisotopic (exact) mass is 381 g/mol. The van der Waals surface area contributed by atoms with Gasteiger partial charge in [0.25, 0.3) is 5.91 Å². The molecule has 1 fully saturated rings. The zero-order valence-electron chi connectivity index (χ0n) is 14.3. The number of hydrogen-bond acceptors (Lipinski definition) is 6. The van der Waals surface area contributed by atoms with Crippen molar-refractivity contribution < 1.29 is 24.2 Å². The fraction of sp³-hybridized carbons (Fsp3) is 0.353. The number of carboxylic acid groups (broad SMARTS) is 1. The third-order valence-electron chi connectivity index (χ3n) is 3.42. The summed E-state index contributed by atoms with van der Waals surface area (Å²) in [6.07, 6.45) is 1.67. The lowest BCUT2D eigenvalue weighted by Crippen LogP contribution is -2.41. The summed E-state index contributed by atoms with van der Waals surface area (Å²) in [5.74, 6) is -0.348. The number of hydrogen-bond donors (Lipinski definition) is 1. The van der Waals surface area contributed by atoms with Crippen LogP contribution < -0.4 is 9.47 Å². The Morgan fingerprint density at radius 3 is 2.56 bits per heavy atom. The van der Waals surface area contributed by atoms with E-state index in [1.807, 2.05) is 13.8 Å². The Morgan fingerprint density at radius 1 is 1.32 bits per heavy atom. The van der Waals surface area contributed by atoms with Gasteiger partial charge in [-0.3, -0.25) is 9.69 Å². The fourth-order valence-corrected chi connectivity index (χ4v) is 3.62. The minimum atomic E-state index is -1.10. The van der Waals surface area contributed by atoms with Crippen molar-refractivity contribution >= 4 is 46.3 Å². The van der Waals surface area contributed by atoms with Gasteiger partial charge in [0, 0.05) is 0 Å². The first-order chi connectivity index (χ1) is 11.7. The van der Waals surface area contributed by atoms with Gasteiger partial charge in [-0.05, 0) is 44.5 Å². The number of ether oxygens (including phenoxy) is 2. The van der Waals surface area contributed by atoms with Gasteiger partial charge in [-0.1, -0.05) is 30.0 Å². The Balaban J connectivity index is 2.30. The van der Waals surface area contributed by atoms with E-state index in [-0.39, 0.29) is 10.4 Å². The first-order valence-corrected chi connectivity index (χ1v) is 8.81. The topological polar surface area (TPSA) is 76.1 Å². The Bertz CT molecular complexity index is 745. The molecule has 25 heavy (non-hydrogen) atoms. The first kappa shape index (κ1) is 19.3. The van der Waals surface area contributed by atoms with Crippen LogP contribution >= 0.6 is 24.0 Å². The van der Waals surface area contributed by atoms with Gasteiger partial charge < -0.3 is 14.6 Å². The molecular weight excluding hydrogens is 362 g/mol. The number of nitrogens with zero attached hydrogens (tertiary/aromatic N) is 1. The number of rotatable bonds is 6. The van der Waals surface area contributed by atoms with Crippen LogP contribution in [-0.2, 0) is 9.59 Å². The number of aliphatic carboxylic acids is 1. The molecule has 0 unspecified atom stereocenters. The van der Waals surface area contributed by atoms with Gasteiger partial charge in [0.2, 0.25) is 0 Å². The number of thiocarbonyl (C=S) groups is 1. The molecule has 6 nitrogen and oxygen atoms in total. The quantitative estimate of drug-likeness (QED) is 0.599. The average molecular weight is 381 g/mol. The molecule has 1 saturated heterocycles.